The molecule has 0 saturated carbocycles. The number of ether oxygens (including phenoxy) is 8. The van der Waals surface area contributed by atoms with Gasteiger partial charge in [0.2, 0.25) is 0 Å². The number of methoxy groups -OCH3 is 1. The lowest BCUT2D eigenvalue weighted by Gasteiger charge is -2.15. The van der Waals surface area contributed by atoms with E-state index in [2.05, 4.69) is 57.2 Å². The van der Waals surface area contributed by atoms with Gasteiger partial charge in [-0.3, -0.25) is 0 Å². The summed E-state index contributed by atoms with van der Waals surface area (Å²) in [6.45, 7) is 14.1. The Balaban J connectivity index is 1.45. The van der Waals surface area contributed by atoms with Crippen molar-refractivity contribution in [2.75, 3.05) is 99.6 Å². The van der Waals surface area contributed by atoms with Crippen molar-refractivity contribution in [1.29, 1.82) is 0 Å². The quantitative estimate of drug-likeness (QED) is 0.156. The zero-order valence-electron chi connectivity index (χ0n) is 25.0. The Morgan fingerprint density at radius 1 is 0.550 bits per heavy atom. The van der Waals surface area contributed by atoms with Crippen molar-refractivity contribution in [2.45, 2.75) is 33.6 Å². The van der Waals surface area contributed by atoms with Crippen molar-refractivity contribution < 1.29 is 37.9 Å². The zero-order valence-corrected chi connectivity index (χ0v) is 25.0. The van der Waals surface area contributed by atoms with Gasteiger partial charge in [0, 0.05) is 7.11 Å². The fourth-order valence-corrected chi connectivity index (χ4v) is 3.95. The van der Waals surface area contributed by atoms with Crippen molar-refractivity contribution in [3.8, 4) is 16.9 Å². The highest BCUT2D eigenvalue weighted by Gasteiger charge is 2.09. The molecule has 0 aromatic heterocycles. The summed E-state index contributed by atoms with van der Waals surface area (Å²) < 4.78 is 43.9. The second-order valence-electron chi connectivity index (χ2n) is 9.41. The predicted molar refractivity (Wildman–Crippen MR) is 158 cm³/mol. The van der Waals surface area contributed by atoms with E-state index in [9.17, 15) is 0 Å². The SMILES string of the molecule is CCCc1cc(-c2cc(C)ccc2C)ccc1OCCOCCOCCOCCOCCOCCOCCOC. The monoisotopic (exact) mass is 562 g/mol. The minimum atomic E-state index is 0.510. The van der Waals surface area contributed by atoms with Gasteiger partial charge in [-0.15, -0.1) is 0 Å². The fourth-order valence-electron chi connectivity index (χ4n) is 3.95. The molecule has 0 amide bonds. The first-order valence-corrected chi connectivity index (χ1v) is 14.4. The van der Waals surface area contributed by atoms with Gasteiger partial charge in [0.25, 0.3) is 0 Å². The third kappa shape index (κ3) is 15.1. The van der Waals surface area contributed by atoms with Crippen LogP contribution in [0.5, 0.6) is 5.75 Å². The highest BCUT2D eigenvalue weighted by atomic mass is 16.6. The van der Waals surface area contributed by atoms with E-state index >= 15 is 0 Å². The van der Waals surface area contributed by atoms with Gasteiger partial charge in [0.1, 0.15) is 12.4 Å². The molecule has 2 rings (SSSR count). The minimum Gasteiger partial charge on any atom is -0.491 e. The maximum Gasteiger partial charge on any atom is 0.122 e. The second kappa shape index (κ2) is 22.6. The molecule has 226 valence electrons. The molecule has 8 heteroatoms. The summed E-state index contributed by atoms with van der Waals surface area (Å²) in [5, 5.41) is 0. The fraction of sp³-hybridized carbons (Fsp3) is 0.625. The Bertz CT molecular complexity index is 904. The average Bonchev–Trinajstić information content (AvgIpc) is 2.96. The van der Waals surface area contributed by atoms with Crippen LogP contribution in [0.3, 0.4) is 0 Å². The van der Waals surface area contributed by atoms with Crippen LogP contribution in [0.15, 0.2) is 36.4 Å². The third-order valence-electron chi connectivity index (χ3n) is 6.06. The molecule has 0 aliphatic heterocycles. The Morgan fingerprint density at radius 3 is 1.55 bits per heavy atom. The maximum absolute atomic E-state index is 6.06. The number of benzene rings is 2. The lowest BCUT2D eigenvalue weighted by Crippen LogP contribution is -2.15. The molecule has 2 aromatic carbocycles. The van der Waals surface area contributed by atoms with Gasteiger partial charge in [0.15, 0.2) is 0 Å². The summed E-state index contributed by atoms with van der Waals surface area (Å²) in [5.41, 5.74) is 6.31. The Hall–Kier alpha value is -2.04. The van der Waals surface area contributed by atoms with Crippen LogP contribution >= 0.6 is 0 Å². The van der Waals surface area contributed by atoms with Crippen LogP contribution in [-0.4, -0.2) is 99.6 Å². The summed E-state index contributed by atoms with van der Waals surface area (Å²) in [4.78, 5) is 0. The third-order valence-corrected chi connectivity index (χ3v) is 6.06. The van der Waals surface area contributed by atoms with E-state index in [0.29, 0.717) is 92.5 Å². The van der Waals surface area contributed by atoms with Crippen LogP contribution < -0.4 is 4.74 Å². The molecular weight excluding hydrogens is 512 g/mol. The molecule has 0 bridgehead atoms. The standard InChI is InChI=1S/C32H50O8/c1-5-6-30-26-29(31-25-27(2)7-8-28(31)3)9-10-32(30)40-24-23-39-22-21-38-20-19-37-18-17-36-16-15-35-14-13-34-12-11-33-4/h7-10,25-26H,5-6,11-24H2,1-4H3. The average molecular weight is 563 g/mol. The molecule has 0 unspecified atom stereocenters. The minimum absolute atomic E-state index is 0.510. The largest absolute Gasteiger partial charge is 0.491 e. The lowest BCUT2D eigenvalue weighted by atomic mass is 9.95. The highest BCUT2D eigenvalue weighted by Crippen LogP contribution is 2.30. The van der Waals surface area contributed by atoms with Crippen molar-refractivity contribution >= 4 is 0 Å². The van der Waals surface area contributed by atoms with Crippen LogP contribution in [0.2, 0.25) is 0 Å². The highest BCUT2D eigenvalue weighted by molar-refractivity contribution is 5.69. The summed E-state index contributed by atoms with van der Waals surface area (Å²) in [6.07, 6.45) is 2.05. The van der Waals surface area contributed by atoms with E-state index in [0.717, 1.165) is 18.6 Å². The molecule has 0 radical (unpaired) electrons. The molecule has 8 nitrogen and oxygen atoms in total. The molecule has 0 aliphatic rings. The van der Waals surface area contributed by atoms with Gasteiger partial charge in [-0.05, 0) is 54.7 Å². The number of hydrogen-bond donors (Lipinski definition) is 0. The van der Waals surface area contributed by atoms with Crippen molar-refractivity contribution in [1.82, 2.24) is 0 Å². The number of rotatable bonds is 25. The molecule has 0 N–H and O–H groups in total. The molecule has 0 saturated heterocycles. The molecule has 0 aliphatic carbocycles. The molecule has 0 atom stereocenters. The molecule has 0 spiro atoms. The molecule has 40 heavy (non-hydrogen) atoms. The lowest BCUT2D eigenvalue weighted by molar-refractivity contribution is -0.0199. The Kier molecular flexibility index (Phi) is 19.3. The summed E-state index contributed by atoms with van der Waals surface area (Å²) in [5.74, 6) is 0.938. The Labute approximate surface area is 241 Å². The van der Waals surface area contributed by atoms with E-state index in [1.165, 1.54) is 27.8 Å². The van der Waals surface area contributed by atoms with Gasteiger partial charge in [-0.2, -0.15) is 0 Å². The van der Waals surface area contributed by atoms with Crippen LogP contribution in [0, 0.1) is 13.8 Å². The Morgan fingerprint density at radius 2 is 1.05 bits per heavy atom. The first-order chi connectivity index (χ1) is 19.7. The number of aryl methyl sites for hydroxylation is 3. The maximum atomic E-state index is 6.06. The van der Waals surface area contributed by atoms with Gasteiger partial charge < -0.3 is 37.9 Å². The summed E-state index contributed by atoms with van der Waals surface area (Å²) in [6, 6.07) is 13.1. The van der Waals surface area contributed by atoms with Gasteiger partial charge in [-0.25, -0.2) is 0 Å². The second-order valence-corrected chi connectivity index (χ2v) is 9.41. The van der Waals surface area contributed by atoms with Crippen LogP contribution in [0.1, 0.15) is 30.0 Å². The van der Waals surface area contributed by atoms with Crippen molar-refractivity contribution in [3.63, 3.8) is 0 Å². The van der Waals surface area contributed by atoms with Gasteiger partial charge in [0.05, 0.1) is 85.9 Å². The van der Waals surface area contributed by atoms with Crippen LogP contribution in [-0.2, 0) is 39.6 Å². The topological polar surface area (TPSA) is 73.8 Å². The van der Waals surface area contributed by atoms with E-state index in [4.69, 9.17) is 37.9 Å². The predicted octanol–water partition coefficient (Wildman–Crippen LogP) is 5.05. The first-order valence-electron chi connectivity index (χ1n) is 14.4. The zero-order chi connectivity index (χ0) is 28.7. The van der Waals surface area contributed by atoms with Gasteiger partial charge in [-0.1, -0.05) is 43.2 Å². The molecule has 0 heterocycles. The van der Waals surface area contributed by atoms with Crippen LogP contribution in [0.25, 0.3) is 11.1 Å². The molecule has 0 fully saturated rings. The summed E-state index contributed by atoms with van der Waals surface area (Å²) in [7, 11) is 1.65. The van der Waals surface area contributed by atoms with Crippen LogP contribution in [0.4, 0.5) is 0 Å². The summed E-state index contributed by atoms with van der Waals surface area (Å²) >= 11 is 0. The van der Waals surface area contributed by atoms with Crippen molar-refractivity contribution in [3.05, 3.63) is 53.1 Å². The van der Waals surface area contributed by atoms with Gasteiger partial charge >= 0.3 is 0 Å². The van der Waals surface area contributed by atoms with E-state index < -0.39 is 0 Å². The molecular formula is C32H50O8. The smallest absolute Gasteiger partial charge is 0.122 e. The van der Waals surface area contributed by atoms with E-state index in [1.54, 1.807) is 7.11 Å². The van der Waals surface area contributed by atoms with Crippen molar-refractivity contribution in [2.24, 2.45) is 0 Å². The normalized spacial score (nSPS) is 11.3. The first kappa shape index (κ1) is 34.2. The van der Waals surface area contributed by atoms with E-state index in [1.807, 2.05) is 0 Å². The van der Waals surface area contributed by atoms with E-state index in [-0.39, 0.29) is 0 Å². The number of hydrogen-bond acceptors (Lipinski definition) is 8. The molecule has 2 aromatic rings.